The number of hydrogen-bond acceptors (Lipinski definition) is 4. The summed E-state index contributed by atoms with van der Waals surface area (Å²) in [5.74, 6) is 1.45. The zero-order valence-corrected chi connectivity index (χ0v) is 23.7. The van der Waals surface area contributed by atoms with E-state index in [4.69, 9.17) is 9.97 Å². The van der Waals surface area contributed by atoms with Crippen LogP contribution in [-0.4, -0.2) is 40.5 Å². The molecule has 4 aromatic rings. The summed E-state index contributed by atoms with van der Waals surface area (Å²) in [4.78, 5) is 12.5. The average molecular weight is 513 g/mol. The molecule has 0 radical (unpaired) electrons. The molecule has 0 saturated heterocycles. The van der Waals surface area contributed by atoms with Crippen molar-refractivity contribution in [1.29, 1.82) is 0 Å². The molecule has 0 bridgehead atoms. The van der Waals surface area contributed by atoms with Crippen LogP contribution in [-0.2, 0) is 6.67 Å². The Kier molecular flexibility index (Phi) is 9.11. The smallest absolute Gasteiger partial charge is 0.162 e. The maximum atomic E-state index is 14.0. The fourth-order valence-corrected chi connectivity index (χ4v) is 4.99. The first-order valence-corrected chi connectivity index (χ1v) is 13.9. The van der Waals surface area contributed by atoms with Gasteiger partial charge in [0.2, 0.25) is 0 Å². The lowest BCUT2D eigenvalue weighted by Crippen LogP contribution is -2.25. The van der Waals surface area contributed by atoms with Gasteiger partial charge in [0.25, 0.3) is 0 Å². The van der Waals surface area contributed by atoms with Gasteiger partial charge < -0.3 is 10.2 Å². The summed E-state index contributed by atoms with van der Waals surface area (Å²) in [6.45, 7) is 15.7. The maximum Gasteiger partial charge on any atom is 0.162 e. The fourth-order valence-electron chi connectivity index (χ4n) is 4.99. The number of hydrogen-bond donors (Lipinski definition) is 1. The van der Waals surface area contributed by atoms with Crippen molar-refractivity contribution in [2.75, 3.05) is 25.0 Å². The maximum absolute atomic E-state index is 14.0. The second kappa shape index (κ2) is 12.5. The zero-order chi connectivity index (χ0) is 27.2. The van der Waals surface area contributed by atoms with Gasteiger partial charge in [0.05, 0.1) is 5.52 Å². The largest absolute Gasteiger partial charge is 0.367 e. The molecule has 3 aromatic carbocycles. The topological polar surface area (TPSA) is 41.0 Å². The lowest BCUT2D eigenvalue weighted by molar-refractivity contribution is 0.295. The summed E-state index contributed by atoms with van der Waals surface area (Å²) in [5.41, 5.74) is 7.99. The minimum atomic E-state index is -0.535. The van der Waals surface area contributed by atoms with Crippen molar-refractivity contribution in [2.45, 2.75) is 67.1 Å². The third-order valence-electron chi connectivity index (χ3n) is 7.56. The van der Waals surface area contributed by atoms with Crippen molar-refractivity contribution in [2.24, 2.45) is 0 Å². The summed E-state index contributed by atoms with van der Waals surface area (Å²) in [5, 5.41) is 4.69. The molecule has 0 spiro atoms. The van der Waals surface area contributed by atoms with E-state index in [0.29, 0.717) is 11.4 Å². The highest BCUT2D eigenvalue weighted by atomic mass is 19.1. The molecule has 200 valence electrons. The molecule has 0 saturated carbocycles. The Morgan fingerprint density at radius 2 is 1.61 bits per heavy atom. The normalized spacial score (nSPS) is 12.3. The zero-order valence-electron chi connectivity index (χ0n) is 23.7. The average Bonchev–Trinajstić information content (AvgIpc) is 2.92. The Morgan fingerprint density at radius 3 is 2.32 bits per heavy atom. The number of nitrogens with one attached hydrogen (secondary N) is 1. The molecule has 1 heterocycles. The highest BCUT2D eigenvalue weighted by molar-refractivity contribution is 5.93. The summed E-state index contributed by atoms with van der Waals surface area (Å²) < 4.78 is 14.0. The summed E-state index contributed by atoms with van der Waals surface area (Å²) in [6.07, 6.45) is 2.18. The van der Waals surface area contributed by atoms with E-state index in [-0.39, 0.29) is 6.04 Å². The third kappa shape index (κ3) is 6.39. The predicted molar refractivity (Wildman–Crippen MR) is 160 cm³/mol. The number of aromatic nitrogens is 2. The molecule has 0 fully saturated rings. The molecule has 0 amide bonds. The molecule has 1 aromatic heterocycles. The van der Waals surface area contributed by atoms with Crippen LogP contribution < -0.4 is 5.32 Å². The van der Waals surface area contributed by atoms with E-state index in [1.807, 2.05) is 12.1 Å². The van der Waals surface area contributed by atoms with Crippen LogP contribution in [0.5, 0.6) is 0 Å². The van der Waals surface area contributed by atoms with Gasteiger partial charge in [0.15, 0.2) is 5.82 Å². The lowest BCUT2D eigenvalue weighted by atomic mass is 9.97. The van der Waals surface area contributed by atoms with Crippen molar-refractivity contribution < 1.29 is 4.39 Å². The predicted octanol–water partition coefficient (Wildman–Crippen LogP) is 8.28. The highest BCUT2D eigenvalue weighted by Crippen LogP contribution is 2.32. The standard InChI is InChI=1S/C33H41FN4/c1-7-38(8-2)16-10-12-25(6)35-33-30-13-9-11-23(4)31(30)36-32(37-33)29-19-26(21-34)18-28(20-29)27-15-14-22(3)24(5)17-27/h9,11,13-15,17-20,25H,7-8,10,12,16,21H2,1-6H3,(H,35,36,37). The van der Waals surface area contributed by atoms with Crippen molar-refractivity contribution in [3.63, 3.8) is 0 Å². The van der Waals surface area contributed by atoms with Crippen LogP contribution in [0.15, 0.2) is 54.6 Å². The van der Waals surface area contributed by atoms with E-state index in [2.05, 4.69) is 94.2 Å². The van der Waals surface area contributed by atoms with Crippen LogP contribution in [0.1, 0.15) is 55.9 Å². The Hall–Kier alpha value is -3.31. The fraction of sp³-hybridized carbons (Fsp3) is 0.394. The Morgan fingerprint density at radius 1 is 0.842 bits per heavy atom. The van der Waals surface area contributed by atoms with E-state index in [1.165, 1.54) is 11.1 Å². The summed E-state index contributed by atoms with van der Waals surface area (Å²) in [7, 11) is 0. The second-order valence-corrected chi connectivity index (χ2v) is 10.4. The van der Waals surface area contributed by atoms with E-state index in [0.717, 1.165) is 71.5 Å². The minimum Gasteiger partial charge on any atom is -0.367 e. The van der Waals surface area contributed by atoms with Crippen molar-refractivity contribution >= 4 is 16.7 Å². The Bertz CT molecular complexity index is 1390. The van der Waals surface area contributed by atoms with Crippen LogP contribution in [0.25, 0.3) is 33.4 Å². The molecular formula is C33H41FN4. The van der Waals surface area contributed by atoms with Gasteiger partial charge in [-0.05, 0) is 118 Å². The number of benzene rings is 3. The molecule has 0 aliphatic rings. The number of para-hydroxylation sites is 1. The molecule has 4 rings (SSSR count). The molecule has 1 N–H and O–H groups in total. The molecular weight excluding hydrogens is 471 g/mol. The Balaban J connectivity index is 1.72. The van der Waals surface area contributed by atoms with Gasteiger partial charge in [-0.25, -0.2) is 14.4 Å². The first-order chi connectivity index (χ1) is 18.3. The number of rotatable bonds is 11. The van der Waals surface area contributed by atoms with Crippen molar-refractivity contribution in [1.82, 2.24) is 14.9 Å². The molecule has 1 unspecified atom stereocenters. The van der Waals surface area contributed by atoms with Gasteiger partial charge in [0, 0.05) is 17.0 Å². The van der Waals surface area contributed by atoms with Crippen LogP contribution in [0.3, 0.4) is 0 Å². The van der Waals surface area contributed by atoms with Gasteiger partial charge in [-0.3, -0.25) is 0 Å². The van der Waals surface area contributed by atoms with Crippen molar-refractivity contribution in [3.05, 3.63) is 76.9 Å². The first kappa shape index (κ1) is 27.7. The lowest BCUT2D eigenvalue weighted by Gasteiger charge is -2.21. The van der Waals surface area contributed by atoms with Gasteiger partial charge in [-0.2, -0.15) is 0 Å². The quantitative estimate of drug-likeness (QED) is 0.219. The molecule has 1 atom stereocenters. The molecule has 38 heavy (non-hydrogen) atoms. The highest BCUT2D eigenvalue weighted by Gasteiger charge is 2.15. The van der Waals surface area contributed by atoms with Gasteiger partial charge >= 0.3 is 0 Å². The number of alkyl halides is 1. The Labute approximate surface area is 227 Å². The second-order valence-electron chi connectivity index (χ2n) is 10.4. The minimum absolute atomic E-state index is 0.264. The first-order valence-electron chi connectivity index (χ1n) is 13.9. The van der Waals surface area contributed by atoms with E-state index in [1.54, 1.807) is 0 Å². The van der Waals surface area contributed by atoms with Crippen LogP contribution >= 0.6 is 0 Å². The number of aryl methyl sites for hydroxylation is 3. The van der Waals surface area contributed by atoms with Gasteiger partial charge in [-0.1, -0.05) is 44.2 Å². The molecule has 4 nitrogen and oxygen atoms in total. The van der Waals surface area contributed by atoms with Gasteiger partial charge in [-0.15, -0.1) is 0 Å². The summed E-state index contributed by atoms with van der Waals surface area (Å²) >= 11 is 0. The number of nitrogens with zero attached hydrogens (tertiary/aromatic N) is 3. The SMILES string of the molecule is CCN(CC)CCCC(C)Nc1nc(-c2cc(CF)cc(-c3ccc(C)c(C)c3)c2)nc2c(C)cccc12. The number of halogens is 1. The van der Waals surface area contributed by atoms with Crippen LogP contribution in [0.4, 0.5) is 10.2 Å². The number of anilines is 1. The molecule has 5 heteroatoms. The van der Waals surface area contributed by atoms with Gasteiger partial charge in [0.1, 0.15) is 12.5 Å². The van der Waals surface area contributed by atoms with E-state index in [9.17, 15) is 4.39 Å². The van der Waals surface area contributed by atoms with E-state index >= 15 is 0 Å². The molecule has 0 aliphatic carbocycles. The van der Waals surface area contributed by atoms with Crippen LogP contribution in [0, 0.1) is 20.8 Å². The monoisotopic (exact) mass is 512 g/mol. The summed E-state index contributed by atoms with van der Waals surface area (Å²) in [6, 6.07) is 18.7. The van der Waals surface area contributed by atoms with Crippen molar-refractivity contribution in [3.8, 4) is 22.5 Å². The molecule has 0 aliphatic heterocycles. The third-order valence-corrected chi connectivity index (χ3v) is 7.56. The van der Waals surface area contributed by atoms with E-state index < -0.39 is 6.67 Å². The number of fused-ring (bicyclic) bond motifs is 1. The van der Waals surface area contributed by atoms with Crippen LogP contribution in [0.2, 0.25) is 0 Å².